The number of carbonyl (C=O) groups excluding carboxylic acids is 1. The third-order valence-electron chi connectivity index (χ3n) is 5.42. The van der Waals surface area contributed by atoms with Crippen LogP contribution in [0.25, 0.3) is 0 Å². The van der Waals surface area contributed by atoms with E-state index in [1.165, 1.54) is 31.4 Å². The molecule has 1 aliphatic heterocycles. The highest BCUT2D eigenvalue weighted by Gasteiger charge is 2.53. The van der Waals surface area contributed by atoms with E-state index in [1.54, 1.807) is 37.3 Å². The summed E-state index contributed by atoms with van der Waals surface area (Å²) in [5, 5.41) is 42.1. The van der Waals surface area contributed by atoms with Gasteiger partial charge in [-0.15, -0.1) is 0 Å². The fraction of sp³-hybridized carbons (Fsp3) is 0.208. The summed E-state index contributed by atoms with van der Waals surface area (Å²) in [6.45, 7) is 2.09. The largest absolute Gasteiger partial charge is 0.507 e. The molecule has 0 spiro atoms. The van der Waals surface area contributed by atoms with Crippen LogP contribution in [0, 0.1) is 0 Å². The first-order valence-corrected chi connectivity index (χ1v) is 9.90. The first-order chi connectivity index (χ1) is 15.3. The van der Waals surface area contributed by atoms with E-state index >= 15 is 0 Å². The number of phenols is 3. The quantitative estimate of drug-likeness (QED) is 0.448. The number of aromatic hydroxyl groups is 3. The molecule has 0 saturated carbocycles. The normalized spacial score (nSPS) is 19.7. The number of phenolic OH excluding ortho intramolecular Hbond substituents is 3. The molecule has 1 aliphatic rings. The van der Waals surface area contributed by atoms with Crippen LogP contribution in [-0.4, -0.2) is 46.0 Å². The van der Waals surface area contributed by atoms with Gasteiger partial charge in [-0.2, -0.15) is 0 Å². The molecule has 0 aliphatic carbocycles. The number of carbonyl (C=O) groups is 1. The Balaban J connectivity index is 2.03. The second-order valence-corrected chi connectivity index (χ2v) is 7.27. The standard InChI is InChI=1S/C24H22O8/c1-3-31-15-11-16(25)20-18(12-15)32-24(23(29)22(20)28,13-7-5-4-6-8-13)14-9-17(26)21(27)19(10-14)30-2/h4-12,23,25-27,29H,3H2,1-2H3. The van der Waals surface area contributed by atoms with Crippen molar-refractivity contribution in [3.8, 4) is 34.5 Å². The molecule has 8 nitrogen and oxygen atoms in total. The summed E-state index contributed by atoms with van der Waals surface area (Å²) in [7, 11) is 1.30. The van der Waals surface area contributed by atoms with Crippen LogP contribution in [0.4, 0.5) is 0 Å². The minimum atomic E-state index is -1.82. The van der Waals surface area contributed by atoms with Crippen LogP contribution in [0.2, 0.25) is 0 Å². The fourth-order valence-electron chi connectivity index (χ4n) is 3.95. The number of benzene rings is 3. The Kier molecular flexibility index (Phi) is 5.31. The number of Topliss-reactive ketones (excluding diaryl/α,β-unsaturated/α-hetero) is 1. The molecule has 2 atom stereocenters. The van der Waals surface area contributed by atoms with Crippen LogP contribution >= 0.6 is 0 Å². The number of methoxy groups -OCH3 is 1. The molecule has 4 rings (SSSR count). The van der Waals surface area contributed by atoms with Crippen LogP contribution in [0.5, 0.6) is 34.5 Å². The number of rotatable bonds is 5. The van der Waals surface area contributed by atoms with E-state index in [-0.39, 0.29) is 34.1 Å². The number of hydrogen-bond acceptors (Lipinski definition) is 8. The van der Waals surface area contributed by atoms with Crippen LogP contribution < -0.4 is 14.2 Å². The van der Waals surface area contributed by atoms with Crippen LogP contribution in [-0.2, 0) is 5.60 Å². The summed E-state index contributed by atoms with van der Waals surface area (Å²) in [6, 6.07) is 13.8. The summed E-state index contributed by atoms with van der Waals surface area (Å²) in [5.41, 5.74) is -1.44. The topological polar surface area (TPSA) is 126 Å². The van der Waals surface area contributed by atoms with Crippen LogP contribution in [0.1, 0.15) is 28.4 Å². The van der Waals surface area contributed by atoms with Crippen molar-refractivity contribution in [2.24, 2.45) is 0 Å². The Hall–Kier alpha value is -3.91. The number of fused-ring (bicyclic) bond motifs is 1. The third kappa shape index (κ3) is 3.16. The van der Waals surface area contributed by atoms with Gasteiger partial charge in [0.1, 0.15) is 22.8 Å². The van der Waals surface area contributed by atoms with Crippen molar-refractivity contribution in [1.82, 2.24) is 0 Å². The molecule has 0 bridgehead atoms. The van der Waals surface area contributed by atoms with Crippen molar-refractivity contribution in [2.75, 3.05) is 13.7 Å². The molecule has 0 aromatic heterocycles. The predicted octanol–water partition coefficient (Wildman–Crippen LogP) is 3.09. The number of ether oxygens (including phenoxy) is 3. The molecule has 3 aromatic carbocycles. The van der Waals surface area contributed by atoms with Crippen molar-refractivity contribution in [2.45, 2.75) is 18.6 Å². The van der Waals surface area contributed by atoms with Crippen molar-refractivity contribution in [3.05, 3.63) is 71.3 Å². The van der Waals surface area contributed by atoms with Crippen LogP contribution in [0.15, 0.2) is 54.6 Å². The van der Waals surface area contributed by atoms with E-state index in [2.05, 4.69) is 0 Å². The zero-order valence-electron chi connectivity index (χ0n) is 17.4. The summed E-state index contributed by atoms with van der Waals surface area (Å²) in [5.74, 6) is -1.97. The van der Waals surface area contributed by atoms with E-state index in [0.29, 0.717) is 12.2 Å². The maximum Gasteiger partial charge on any atom is 0.203 e. The van der Waals surface area contributed by atoms with Gasteiger partial charge in [-0.05, 0) is 19.1 Å². The lowest BCUT2D eigenvalue weighted by Gasteiger charge is -2.42. The smallest absolute Gasteiger partial charge is 0.203 e. The van der Waals surface area contributed by atoms with Gasteiger partial charge in [0.25, 0.3) is 0 Å². The molecule has 3 aromatic rings. The SMILES string of the molecule is CCOc1cc(O)c2c(c1)OC(c1ccccc1)(c1cc(O)c(O)c(OC)c1)C(O)C2=O. The van der Waals surface area contributed by atoms with Gasteiger partial charge in [0.05, 0.1) is 13.7 Å². The van der Waals surface area contributed by atoms with Gasteiger partial charge in [-0.25, -0.2) is 0 Å². The summed E-state index contributed by atoms with van der Waals surface area (Å²) in [6.07, 6.45) is -1.80. The van der Waals surface area contributed by atoms with Crippen molar-refractivity contribution in [3.63, 3.8) is 0 Å². The zero-order valence-corrected chi connectivity index (χ0v) is 17.4. The first-order valence-electron chi connectivity index (χ1n) is 9.90. The lowest BCUT2D eigenvalue weighted by molar-refractivity contribution is -0.0270. The van der Waals surface area contributed by atoms with Gasteiger partial charge >= 0.3 is 0 Å². The van der Waals surface area contributed by atoms with Gasteiger partial charge in [0.2, 0.25) is 11.5 Å². The Morgan fingerprint density at radius 2 is 1.72 bits per heavy atom. The summed E-state index contributed by atoms with van der Waals surface area (Å²) < 4.78 is 16.9. The molecule has 0 fully saturated rings. The molecular weight excluding hydrogens is 416 g/mol. The Bertz CT molecular complexity index is 1170. The number of aliphatic hydroxyl groups excluding tert-OH is 1. The van der Waals surface area contributed by atoms with Gasteiger partial charge < -0.3 is 34.6 Å². The monoisotopic (exact) mass is 438 g/mol. The molecule has 1 heterocycles. The minimum Gasteiger partial charge on any atom is -0.507 e. The summed E-state index contributed by atoms with van der Waals surface area (Å²) in [4.78, 5) is 13.3. The van der Waals surface area contributed by atoms with Crippen molar-refractivity contribution >= 4 is 5.78 Å². The summed E-state index contributed by atoms with van der Waals surface area (Å²) >= 11 is 0. The van der Waals surface area contributed by atoms with E-state index in [1.807, 2.05) is 0 Å². The molecule has 4 N–H and O–H groups in total. The van der Waals surface area contributed by atoms with E-state index in [4.69, 9.17) is 14.2 Å². The molecule has 8 heteroatoms. The van der Waals surface area contributed by atoms with Gasteiger partial charge in [0.15, 0.2) is 23.2 Å². The predicted molar refractivity (Wildman–Crippen MR) is 114 cm³/mol. The maximum absolute atomic E-state index is 13.3. The number of hydrogen-bond donors (Lipinski definition) is 4. The van der Waals surface area contributed by atoms with Gasteiger partial charge in [-0.1, -0.05) is 30.3 Å². The Morgan fingerprint density at radius 3 is 2.38 bits per heavy atom. The highest BCUT2D eigenvalue weighted by atomic mass is 16.5. The Labute approximate surface area is 183 Å². The number of ketones is 1. The lowest BCUT2D eigenvalue weighted by Crippen LogP contribution is -2.53. The third-order valence-corrected chi connectivity index (χ3v) is 5.42. The molecule has 0 radical (unpaired) electrons. The molecular formula is C24H22O8. The number of aliphatic hydroxyl groups is 1. The average Bonchev–Trinajstić information content (AvgIpc) is 2.78. The van der Waals surface area contributed by atoms with Gasteiger partial charge in [0, 0.05) is 23.3 Å². The Morgan fingerprint density at radius 1 is 1.00 bits per heavy atom. The lowest BCUT2D eigenvalue weighted by atomic mass is 9.76. The molecule has 32 heavy (non-hydrogen) atoms. The molecule has 0 amide bonds. The highest BCUT2D eigenvalue weighted by molar-refractivity contribution is 6.06. The second kappa shape index (κ2) is 7.97. The van der Waals surface area contributed by atoms with Crippen LogP contribution in [0.3, 0.4) is 0 Å². The maximum atomic E-state index is 13.3. The highest BCUT2D eigenvalue weighted by Crippen LogP contribution is 2.50. The average molecular weight is 438 g/mol. The van der Waals surface area contributed by atoms with Crippen molar-refractivity contribution in [1.29, 1.82) is 0 Å². The van der Waals surface area contributed by atoms with E-state index in [0.717, 1.165) is 0 Å². The van der Waals surface area contributed by atoms with Gasteiger partial charge in [-0.3, -0.25) is 4.79 Å². The van der Waals surface area contributed by atoms with Crippen molar-refractivity contribution < 1.29 is 39.4 Å². The molecule has 0 saturated heterocycles. The first kappa shape index (κ1) is 21.3. The van der Waals surface area contributed by atoms with E-state index < -0.39 is 29.0 Å². The fourth-order valence-corrected chi connectivity index (χ4v) is 3.95. The van der Waals surface area contributed by atoms with E-state index in [9.17, 15) is 25.2 Å². The molecule has 2 unspecified atom stereocenters. The minimum absolute atomic E-state index is 0.000801. The molecule has 166 valence electrons. The second-order valence-electron chi connectivity index (χ2n) is 7.27. The zero-order chi connectivity index (χ0) is 23.0.